The molecule has 1 amide bonds. The second-order valence-corrected chi connectivity index (χ2v) is 4.76. The van der Waals surface area contributed by atoms with Gasteiger partial charge in [0.2, 0.25) is 5.91 Å². The summed E-state index contributed by atoms with van der Waals surface area (Å²) in [6.07, 6.45) is 1.76. The Kier molecular flexibility index (Phi) is 3.91. The van der Waals surface area contributed by atoms with Crippen LogP contribution in [0.1, 0.15) is 6.42 Å². The minimum atomic E-state index is -0.0565. The number of halogens is 2. The van der Waals surface area contributed by atoms with E-state index < -0.39 is 0 Å². The Balaban J connectivity index is 2.16. The molecule has 0 radical (unpaired) electrons. The van der Waals surface area contributed by atoms with Crippen LogP contribution in [0.15, 0.2) is 17.4 Å². The predicted octanol–water partition coefficient (Wildman–Crippen LogP) is 3.05. The molecule has 1 fully saturated rings. The molecule has 0 aliphatic carbocycles. The number of rotatable bonds is 3. The second-order valence-electron chi connectivity index (χ2n) is 3.94. The molecule has 94 valence electrons. The lowest BCUT2D eigenvalue weighted by molar-refractivity contribution is -0.117. The molecule has 0 aromatic carbocycles. The summed E-state index contributed by atoms with van der Waals surface area (Å²) in [7, 11) is 0. The van der Waals surface area contributed by atoms with Crippen molar-refractivity contribution in [3.05, 3.63) is 32.8 Å². The predicted molar refractivity (Wildman–Crippen MR) is 68.7 cm³/mol. The zero-order valence-corrected chi connectivity index (χ0v) is 10.8. The van der Waals surface area contributed by atoms with Crippen molar-refractivity contribution in [2.45, 2.75) is 6.42 Å². The Hall–Kier alpha value is -1.49. The number of carbonyl (C=O) groups is 1. The number of amides is 1. The van der Waals surface area contributed by atoms with Gasteiger partial charge in [0.25, 0.3) is 0 Å². The van der Waals surface area contributed by atoms with E-state index in [4.69, 9.17) is 28.7 Å². The van der Waals surface area contributed by atoms with Gasteiger partial charge in [-0.3, -0.25) is 9.69 Å². The largest absolute Gasteiger partial charge is 0.296 e. The highest BCUT2D eigenvalue weighted by molar-refractivity contribution is 6.42. The van der Waals surface area contributed by atoms with Crippen molar-refractivity contribution in [1.82, 2.24) is 4.98 Å². The Labute approximate surface area is 113 Å². The van der Waals surface area contributed by atoms with E-state index in [1.807, 2.05) is 0 Å². The van der Waals surface area contributed by atoms with Crippen molar-refractivity contribution in [3.63, 3.8) is 0 Å². The number of nitrogens with zero attached hydrogens (tertiary/aromatic N) is 5. The highest BCUT2D eigenvalue weighted by Crippen LogP contribution is 2.28. The molecule has 6 nitrogen and oxygen atoms in total. The van der Waals surface area contributed by atoms with Crippen molar-refractivity contribution in [2.24, 2.45) is 11.0 Å². The van der Waals surface area contributed by atoms with Gasteiger partial charge in [-0.15, -0.1) is 0 Å². The van der Waals surface area contributed by atoms with E-state index >= 15 is 0 Å². The van der Waals surface area contributed by atoms with Gasteiger partial charge in [0.1, 0.15) is 5.82 Å². The first-order chi connectivity index (χ1) is 8.61. The van der Waals surface area contributed by atoms with Crippen LogP contribution in [0, 0.1) is 5.92 Å². The average Bonchev–Trinajstić information content (AvgIpc) is 2.71. The lowest BCUT2D eigenvalue weighted by atomic mass is 10.1. The van der Waals surface area contributed by atoms with E-state index in [9.17, 15) is 4.79 Å². The van der Waals surface area contributed by atoms with E-state index in [-0.39, 0.29) is 11.8 Å². The van der Waals surface area contributed by atoms with E-state index in [1.54, 1.807) is 6.07 Å². The molecule has 0 saturated carbocycles. The SMILES string of the molecule is [N-]=[N+]=NCC1CC(=O)N(c2cc(Cl)c(Cl)cn2)C1. The van der Waals surface area contributed by atoms with Gasteiger partial charge in [-0.1, -0.05) is 28.3 Å². The van der Waals surface area contributed by atoms with E-state index in [0.29, 0.717) is 35.4 Å². The monoisotopic (exact) mass is 285 g/mol. The van der Waals surface area contributed by atoms with Crippen LogP contribution in [0.3, 0.4) is 0 Å². The maximum atomic E-state index is 11.8. The molecule has 1 aromatic heterocycles. The Bertz CT molecular complexity index is 529. The molecular formula is C10H9Cl2N5O. The summed E-state index contributed by atoms with van der Waals surface area (Å²) < 4.78 is 0. The third-order valence-electron chi connectivity index (χ3n) is 2.68. The van der Waals surface area contributed by atoms with Gasteiger partial charge < -0.3 is 0 Å². The summed E-state index contributed by atoms with van der Waals surface area (Å²) in [6, 6.07) is 1.55. The third kappa shape index (κ3) is 2.67. The summed E-state index contributed by atoms with van der Waals surface area (Å²) in [5.41, 5.74) is 8.26. The topological polar surface area (TPSA) is 82.0 Å². The van der Waals surface area contributed by atoms with Gasteiger partial charge in [0, 0.05) is 36.7 Å². The fourth-order valence-electron chi connectivity index (χ4n) is 1.83. The molecular weight excluding hydrogens is 277 g/mol. The standard InChI is InChI=1S/C10H9Cl2N5O/c11-7-2-9(14-4-8(7)12)17-5-6(1-10(17)18)3-15-16-13/h2,4,6H,1,3,5H2. The maximum Gasteiger partial charge on any atom is 0.228 e. The molecule has 0 spiro atoms. The van der Waals surface area contributed by atoms with Crippen molar-refractivity contribution in [1.29, 1.82) is 0 Å². The zero-order valence-electron chi connectivity index (χ0n) is 9.25. The third-order valence-corrected chi connectivity index (χ3v) is 3.39. The fourth-order valence-corrected chi connectivity index (χ4v) is 2.08. The molecule has 1 aliphatic heterocycles. The van der Waals surface area contributed by atoms with Gasteiger partial charge in [-0.05, 0) is 11.4 Å². The van der Waals surface area contributed by atoms with E-state index in [2.05, 4.69) is 15.0 Å². The maximum absolute atomic E-state index is 11.8. The molecule has 8 heteroatoms. The van der Waals surface area contributed by atoms with Gasteiger partial charge in [-0.2, -0.15) is 0 Å². The number of aromatic nitrogens is 1. The number of pyridine rings is 1. The van der Waals surface area contributed by atoms with Gasteiger partial charge in [-0.25, -0.2) is 4.98 Å². The van der Waals surface area contributed by atoms with Crippen molar-refractivity contribution >= 4 is 34.9 Å². The molecule has 0 bridgehead atoms. The number of hydrogen-bond donors (Lipinski definition) is 0. The smallest absolute Gasteiger partial charge is 0.228 e. The van der Waals surface area contributed by atoms with E-state index in [0.717, 1.165) is 0 Å². The van der Waals surface area contributed by atoms with Crippen LogP contribution in [-0.4, -0.2) is 24.0 Å². The Morgan fingerprint density at radius 3 is 3.00 bits per heavy atom. The molecule has 18 heavy (non-hydrogen) atoms. The van der Waals surface area contributed by atoms with Crippen molar-refractivity contribution in [3.8, 4) is 0 Å². The molecule has 2 rings (SSSR count). The number of carbonyl (C=O) groups excluding carboxylic acids is 1. The first-order valence-corrected chi connectivity index (χ1v) is 5.99. The summed E-state index contributed by atoms with van der Waals surface area (Å²) in [6.45, 7) is 0.781. The molecule has 1 aliphatic rings. The van der Waals surface area contributed by atoms with Crippen LogP contribution in [0.5, 0.6) is 0 Å². The second kappa shape index (κ2) is 5.44. The first-order valence-electron chi connectivity index (χ1n) is 5.24. The first kappa shape index (κ1) is 13.0. The van der Waals surface area contributed by atoms with Crippen LogP contribution >= 0.6 is 23.2 Å². The van der Waals surface area contributed by atoms with Gasteiger partial charge >= 0.3 is 0 Å². The summed E-state index contributed by atoms with van der Waals surface area (Å²) >= 11 is 11.7. The summed E-state index contributed by atoms with van der Waals surface area (Å²) in [4.78, 5) is 20.1. The zero-order chi connectivity index (χ0) is 13.1. The molecule has 1 atom stereocenters. The Morgan fingerprint density at radius 2 is 2.33 bits per heavy atom. The molecule has 1 saturated heterocycles. The van der Waals surface area contributed by atoms with Crippen molar-refractivity contribution in [2.75, 3.05) is 18.0 Å². The van der Waals surface area contributed by atoms with Gasteiger partial charge in [0.05, 0.1) is 10.0 Å². The summed E-state index contributed by atoms with van der Waals surface area (Å²) in [5.74, 6) is 0.432. The van der Waals surface area contributed by atoms with E-state index in [1.165, 1.54) is 11.1 Å². The molecule has 0 N–H and O–H groups in total. The summed E-state index contributed by atoms with van der Waals surface area (Å²) in [5, 5.41) is 4.18. The quantitative estimate of drug-likeness (QED) is 0.486. The molecule has 1 unspecified atom stereocenters. The lowest BCUT2D eigenvalue weighted by Crippen LogP contribution is -2.25. The Morgan fingerprint density at radius 1 is 1.56 bits per heavy atom. The number of hydrogen-bond acceptors (Lipinski definition) is 3. The highest BCUT2D eigenvalue weighted by atomic mass is 35.5. The number of anilines is 1. The van der Waals surface area contributed by atoms with Gasteiger partial charge in [0.15, 0.2) is 0 Å². The minimum absolute atomic E-state index is 0.0182. The average molecular weight is 286 g/mol. The minimum Gasteiger partial charge on any atom is -0.296 e. The molecule has 1 aromatic rings. The lowest BCUT2D eigenvalue weighted by Gasteiger charge is -2.15. The van der Waals surface area contributed by atoms with Crippen LogP contribution in [-0.2, 0) is 4.79 Å². The normalized spacial score (nSPS) is 18.9. The van der Waals surface area contributed by atoms with Crippen molar-refractivity contribution < 1.29 is 4.79 Å². The van der Waals surface area contributed by atoms with Crippen LogP contribution in [0.25, 0.3) is 10.4 Å². The van der Waals surface area contributed by atoms with Crippen LogP contribution in [0.4, 0.5) is 5.82 Å². The van der Waals surface area contributed by atoms with Crippen LogP contribution < -0.4 is 4.90 Å². The number of azide groups is 1. The fraction of sp³-hybridized carbons (Fsp3) is 0.400. The van der Waals surface area contributed by atoms with Crippen LogP contribution in [0.2, 0.25) is 10.0 Å². The highest BCUT2D eigenvalue weighted by Gasteiger charge is 2.31. The molecule has 2 heterocycles.